The molecule has 0 unspecified atom stereocenters. The molecule has 116 valence electrons. The molecule has 0 aliphatic heterocycles. The van der Waals surface area contributed by atoms with E-state index < -0.39 is 20.8 Å². The van der Waals surface area contributed by atoms with Crippen molar-refractivity contribution in [1.29, 1.82) is 0 Å². The van der Waals surface area contributed by atoms with Crippen LogP contribution in [-0.2, 0) is 10.0 Å². The third-order valence-corrected chi connectivity index (χ3v) is 4.12. The van der Waals surface area contributed by atoms with Gasteiger partial charge in [-0.2, -0.15) is 0 Å². The number of nitrogens with zero attached hydrogens (tertiary/aromatic N) is 1. The number of benzene rings is 2. The molecule has 0 amide bonds. The van der Waals surface area contributed by atoms with E-state index in [0.717, 1.165) is 12.1 Å². The molecule has 7 nitrogen and oxygen atoms in total. The number of halogens is 1. The number of ether oxygens (including phenoxy) is 1. The molecule has 2 aromatic carbocycles. The minimum absolute atomic E-state index is 0.0233. The van der Waals surface area contributed by atoms with E-state index in [2.05, 4.69) is 4.72 Å². The van der Waals surface area contributed by atoms with Crippen LogP contribution in [0.3, 0.4) is 0 Å². The second-order valence-electron chi connectivity index (χ2n) is 4.21. The van der Waals surface area contributed by atoms with E-state index in [1.165, 1.54) is 37.4 Å². The van der Waals surface area contributed by atoms with E-state index >= 15 is 0 Å². The smallest absolute Gasteiger partial charge is 0.270 e. The average molecular weight is 326 g/mol. The van der Waals surface area contributed by atoms with Crippen molar-refractivity contribution in [3.63, 3.8) is 0 Å². The first-order chi connectivity index (χ1) is 10.3. The number of non-ortho nitro benzene ring substituents is 1. The van der Waals surface area contributed by atoms with Crippen LogP contribution in [0.15, 0.2) is 47.4 Å². The normalized spacial score (nSPS) is 11.0. The first kappa shape index (κ1) is 15.7. The Balaban J connectivity index is 2.33. The fraction of sp³-hybridized carbons (Fsp3) is 0.0769. The molecule has 0 spiro atoms. The highest BCUT2D eigenvalue weighted by atomic mass is 32.2. The maximum atomic E-state index is 13.5. The lowest BCUT2D eigenvalue weighted by Gasteiger charge is -2.09. The van der Waals surface area contributed by atoms with Crippen molar-refractivity contribution in [2.45, 2.75) is 4.90 Å². The Morgan fingerprint density at radius 2 is 1.95 bits per heavy atom. The van der Waals surface area contributed by atoms with Gasteiger partial charge in [-0.25, -0.2) is 12.8 Å². The molecular weight excluding hydrogens is 315 g/mol. The van der Waals surface area contributed by atoms with Crippen molar-refractivity contribution in [2.75, 3.05) is 11.8 Å². The van der Waals surface area contributed by atoms with Crippen LogP contribution in [0.2, 0.25) is 0 Å². The lowest BCUT2D eigenvalue weighted by Crippen LogP contribution is -2.13. The summed E-state index contributed by atoms with van der Waals surface area (Å²) in [5, 5.41) is 10.7. The Hall–Kier alpha value is -2.68. The Morgan fingerprint density at radius 1 is 1.23 bits per heavy atom. The minimum atomic E-state index is -4.07. The molecule has 2 rings (SSSR count). The van der Waals surface area contributed by atoms with Gasteiger partial charge in [-0.3, -0.25) is 14.8 Å². The zero-order valence-corrected chi connectivity index (χ0v) is 12.1. The van der Waals surface area contributed by atoms with Gasteiger partial charge in [0.05, 0.1) is 22.6 Å². The van der Waals surface area contributed by atoms with Crippen LogP contribution in [0.5, 0.6) is 5.75 Å². The number of methoxy groups -OCH3 is 1. The van der Waals surface area contributed by atoms with E-state index in [-0.39, 0.29) is 22.0 Å². The summed E-state index contributed by atoms with van der Waals surface area (Å²) in [6.45, 7) is 0. The molecule has 0 aliphatic carbocycles. The lowest BCUT2D eigenvalue weighted by molar-refractivity contribution is -0.385. The van der Waals surface area contributed by atoms with Crippen LogP contribution >= 0.6 is 0 Å². The summed E-state index contributed by atoms with van der Waals surface area (Å²) in [5.74, 6) is -0.764. The Morgan fingerprint density at radius 3 is 2.55 bits per heavy atom. The third kappa shape index (κ3) is 3.31. The number of sulfonamides is 1. The summed E-state index contributed by atoms with van der Waals surface area (Å²) < 4.78 is 44.7. The van der Waals surface area contributed by atoms with E-state index in [4.69, 9.17) is 4.74 Å². The molecule has 0 aliphatic rings. The van der Waals surface area contributed by atoms with Crippen molar-refractivity contribution in [1.82, 2.24) is 0 Å². The van der Waals surface area contributed by atoms with Crippen LogP contribution in [0, 0.1) is 15.9 Å². The number of hydrogen-bond acceptors (Lipinski definition) is 5. The van der Waals surface area contributed by atoms with Crippen molar-refractivity contribution in [2.24, 2.45) is 0 Å². The summed E-state index contributed by atoms with van der Waals surface area (Å²) in [4.78, 5) is 9.68. The van der Waals surface area contributed by atoms with Gasteiger partial charge in [-0.15, -0.1) is 0 Å². The largest absolute Gasteiger partial charge is 0.494 e. The van der Waals surface area contributed by atoms with Gasteiger partial charge in [0.2, 0.25) is 0 Å². The van der Waals surface area contributed by atoms with Crippen molar-refractivity contribution < 1.29 is 22.5 Å². The van der Waals surface area contributed by atoms with Crippen molar-refractivity contribution in [3.05, 3.63) is 58.4 Å². The predicted octanol–water partition coefficient (Wildman–Crippen LogP) is 2.54. The lowest BCUT2D eigenvalue weighted by atomic mass is 10.3. The van der Waals surface area contributed by atoms with E-state index in [0.29, 0.717) is 0 Å². The predicted molar refractivity (Wildman–Crippen MR) is 76.9 cm³/mol. The summed E-state index contributed by atoms with van der Waals surface area (Å²) in [7, 11) is -2.78. The topological polar surface area (TPSA) is 98.5 Å². The number of nitro benzene ring substituents is 1. The molecule has 22 heavy (non-hydrogen) atoms. The first-order valence-electron chi connectivity index (χ1n) is 5.94. The molecule has 9 heteroatoms. The zero-order valence-electron chi connectivity index (χ0n) is 11.3. The molecule has 0 heterocycles. The van der Waals surface area contributed by atoms with Gasteiger partial charge in [-0.1, -0.05) is 6.07 Å². The maximum absolute atomic E-state index is 13.5. The molecule has 0 fully saturated rings. The van der Waals surface area contributed by atoms with Gasteiger partial charge in [-0.05, 0) is 18.2 Å². The van der Waals surface area contributed by atoms with E-state index in [1.54, 1.807) is 0 Å². The summed E-state index contributed by atoms with van der Waals surface area (Å²) >= 11 is 0. The van der Waals surface area contributed by atoms with Gasteiger partial charge in [0.1, 0.15) is 0 Å². The third-order valence-electron chi connectivity index (χ3n) is 2.74. The average Bonchev–Trinajstić information content (AvgIpc) is 2.47. The van der Waals surface area contributed by atoms with Gasteiger partial charge >= 0.3 is 0 Å². The number of anilines is 1. The number of hydrogen-bond donors (Lipinski definition) is 1. The van der Waals surface area contributed by atoms with Crippen LogP contribution in [0.1, 0.15) is 0 Å². The van der Waals surface area contributed by atoms with Crippen LogP contribution in [-0.4, -0.2) is 20.5 Å². The van der Waals surface area contributed by atoms with Gasteiger partial charge < -0.3 is 4.74 Å². The highest BCUT2D eigenvalue weighted by molar-refractivity contribution is 7.92. The van der Waals surface area contributed by atoms with Crippen LogP contribution in [0.4, 0.5) is 15.8 Å². The number of nitro groups is 1. The Labute approximate surface area is 125 Å². The molecular formula is C13H11FN2O5S. The fourth-order valence-electron chi connectivity index (χ4n) is 1.71. The molecule has 0 atom stereocenters. The standard InChI is InChI=1S/C13H11FN2O5S/c1-21-13-6-5-9(7-12(13)14)15-22(19,20)11-4-2-3-10(8-11)16(17)18/h2-8,15H,1H3. The quantitative estimate of drug-likeness (QED) is 0.672. The highest BCUT2D eigenvalue weighted by Gasteiger charge is 2.18. The molecule has 0 saturated heterocycles. The fourth-order valence-corrected chi connectivity index (χ4v) is 2.80. The zero-order chi connectivity index (χ0) is 16.3. The van der Waals surface area contributed by atoms with Crippen molar-refractivity contribution >= 4 is 21.4 Å². The highest BCUT2D eigenvalue weighted by Crippen LogP contribution is 2.24. The second kappa shape index (κ2) is 5.98. The van der Waals surface area contributed by atoms with Gasteiger partial charge in [0, 0.05) is 18.2 Å². The van der Waals surface area contributed by atoms with E-state index in [1.807, 2.05) is 0 Å². The summed E-state index contributed by atoms with van der Waals surface area (Å²) in [5.41, 5.74) is -0.381. The Kier molecular flexibility index (Phi) is 4.27. The van der Waals surface area contributed by atoms with Crippen molar-refractivity contribution in [3.8, 4) is 5.75 Å². The Bertz CT molecular complexity index is 823. The molecule has 0 bridgehead atoms. The first-order valence-corrected chi connectivity index (χ1v) is 7.42. The number of nitrogens with one attached hydrogen (secondary N) is 1. The SMILES string of the molecule is COc1ccc(NS(=O)(=O)c2cccc([N+](=O)[O-])c2)cc1F. The minimum Gasteiger partial charge on any atom is -0.494 e. The van der Waals surface area contributed by atoms with Crippen LogP contribution in [0.25, 0.3) is 0 Å². The van der Waals surface area contributed by atoms with Gasteiger partial charge in [0.15, 0.2) is 11.6 Å². The number of rotatable bonds is 5. The summed E-state index contributed by atoms with van der Waals surface area (Å²) in [6, 6.07) is 8.08. The molecule has 0 aromatic heterocycles. The monoisotopic (exact) mass is 326 g/mol. The molecule has 2 aromatic rings. The second-order valence-corrected chi connectivity index (χ2v) is 5.89. The van der Waals surface area contributed by atoms with Crippen LogP contribution < -0.4 is 9.46 Å². The molecule has 1 N–H and O–H groups in total. The summed E-state index contributed by atoms with van der Waals surface area (Å²) in [6.07, 6.45) is 0. The maximum Gasteiger partial charge on any atom is 0.270 e. The molecule has 0 radical (unpaired) electrons. The molecule has 0 saturated carbocycles. The van der Waals surface area contributed by atoms with Gasteiger partial charge in [0.25, 0.3) is 15.7 Å². The van der Waals surface area contributed by atoms with E-state index in [9.17, 15) is 22.9 Å².